The summed E-state index contributed by atoms with van der Waals surface area (Å²) in [6, 6.07) is 6.06. The van der Waals surface area contributed by atoms with E-state index in [1.807, 2.05) is 11.4 Å². The number of hydrogen-bond donors (Lipinski definition) is 2. The number of esters is 1. The molecule has 7 nitrogen and oxygen atoms in total. The average Bonchev–Trinajstić information content (AvgIpc) is 2.88. The number of benzene rings is 1. The van der Waals surface area contributed by atoms with Crippen LogP contribution in [0.15, 0.2) is 24.3 Å². The van der Waals surface area contributed by atoms with Gasteiger partial charge in [-0.2, -0.15) is 0 Å². The molecule has 0 unspecified atom stereocenters. The zero-order valence-electron chi connectivity index (χ0n) is 12.8. The van der Waals surface area contributed by atoms with E-state index in [0.717, 1.165) is 16.9 Å². The number of amides is 3. The van der Waals surface area contributed by atoms with Gasteiger partial charge in [0.15, 0.2) is 6.10 Å². The van der Waals surface area contributed by atoms with E-state index >= 15 is 0 Å². The van der Waals surface area contributed by atoms with Gasteiger partial charge in [-0.15, -0.1) is 11.3 Å². The monoisotopic (exact) mass is 367 g/mol. The summed E-state index contributed by atoms with van der Waals surface area (Å²) in [6.45, 7) is 3.00. The number of hydrogen-bond acceptors (Lipinski definition) is 6. The Labute approximate surface area is 146 Å². The second kappa shape index (κ2) is 7.41. The molecule has 3 amide bonds. The number of thiazole rings is 1. The van der Waals surface area contributed by atoms with Crippen LogP contribution < -0.4 is 11.1 Å². The van der Waals surface area contributed by atoms with Crippen molar-refractivity contribution < 1.29 is 19.1 Å². The highest BCUT2D eigenvalue weighted by molar-refractivity contribution is 7.17. The first-order valence-corrected chi connectivity index (χ1v) is 8.02. The van der Waals surface area contributed by atoms with Crippen molar-refractivity contribution in [3.8, 4) is 10.6 Å². The van der Waals surface area contributed by atoms with E-state index in [-0.39, 0.29) is 4.88 Å². The van der Waals surface area contributed by atoms with Crippen LogP contribution in [0.25, 0.3) is 10.6 Å². The van der Waals surface area contributed by atoms with Crippen LogP contribution in [0.3, 0.4) is 0 Å². The number of urea groups is 1. The molecular weight excluding hydrogens is 354 g/mol. The highest BCUT2D eigenvalue weighted by Crippen LogP contribution is 2.30. The molecule has 0 saturated carbocycles. The number of carbonyl (C=O) groups is 3. The molecular formula is C15H14ClN3O4S. The van der Waals surface area contributed by atoms with E-state index in [2.05, 4.69) is 4.98 Å². The van der Waals surface area contributed by atoms with Crippen LogP contribution in [-0.4, -0.2) is 29.0 Å². The summed E-state index contributed by atoms with van der Waals surface area (Å²) >= 11 is 7.08. The molecule has 2 rings (SSSR count). The maximum absolute atomic E-state index is 12.2. The predicted octanol–water partition coefficient (Wildman–Crippen LogP) is 2.51. The van der Waals surface area contributed by atoms with E-state index in [9.17, 15) is 14.4 Å². The number of aryl methyl sites for hydroxylation is 1. The highest BCUT2D eigenvalue weighted by atomic mass is 35.5. The summed E-state index contributed by atoms with van der Waals surface area (Å²) in [5, 5.41) is 3.01. The molecule has 0 saturated heterocycles. The molecule has 0 aliphatic rings. The number of rotatable bonds is 4. The molecule has 0 fully saturated rings. The van der Waals surface area contributed by atoms with E-state index in [1.54, 1.807) is 25.1 Å². The van der Waals surface area contributed by atoms with Gasteiger partial charge in [0.2, 0.25) is 0 Å². The van der Waals surface area contributed by atoms with E-state index in [4.69, 9.17) is 22.1 Å². The van der Waals surface area contributed by atoms with Crippen molar-refractivity contribution in [2.75, 3.05) is 0 Å². The average molecular weight is 368 g/mol. The lowest BCUT2D eigenvalue weighted by atomic mass is 10.2. The minimum atomic E-state index is -1.17. The third-order valence-electron chi connectivity index (χ3n) is 2.95. The molecule has 1 atom stereocenters. The van der Waals surface area contributed by atoms with E-state index < -0.39 is 24.0 Å². The number of nitrogens with zero attached hydrogens (tertiary/aromatic N) is 1. The number of nitrogens with two attached hydrogens (primary N) is 1. The second-order valence-electron chi connectivity index (χ2n) is 4.84. The molecule has 0 aliphatic carbocycles. The van der Waals surface area contributed by atoms with Crippen LogP contribution in [0.5, 0.6) is 0 Å². The number of carbonyl (C=O) groups excluding carboxylic acids is 3. The van der Waals surface area contributed by atoms with E-state index in [0.29, 0.717) is 15.7 Å². The third kappa shape index (κ3) is 4.30. The first-order chi connectivity index (χ1) is 11.3. The van der Waals surface area contributed by atoms with Gasteiger partial charge in [-0.1, -0.05) is 23.7 Å². The molecule has 1 aromatic carbocycles. The fraction of sp³-hybridized carbons (Fsp3) is 0.200. The molecule has 9 heteroatoms. The Morgan fingerprint density at radius 2 is 2.08 bits per heavy atom. The Balaban J connectivity index is 2.16. The van der Waals surface area contributed by atoms with Gasteiger partial charge in [0.1, 0.15) is 9.88 Å². The van der Waals surface area contributed by atoms with Gasteiger partial charge in [0.25, 0.3) is 5.91 Å². The van der Waals surface area contributed by atoms with Gasteiger partial charge >= 0.3 is 12.0 Å². The molecule has 126 valence electrons. The summed E-state index contributed by atoms with van der Waals surface area (Å²) < 4.78 is 5.04. The summed E-state index contributed by atoms with van der Waals surface area (Å²) in [4.78, 5) is 39.0. The number of halogens is 1. The summed E-state index contributed by atoms with van der Waals surface area (Å²) in [7, 11) is 0. The van der Waals surface area contributed by atoms with Crippen molar-refractivity contribution in [2.45, 2.75) is 20.0 Å². The van der Waals surface area contributed by atoms with Crippen molar-refractivity contribution >= 4 is 40.8 Å². The zero-order chi connectivity index (χ0) is 17.9. The van der Waals surface area contributed by atoms with Gasteiger partial charge in [0.05, 0.1) is 5.69 Å². The fourth-order valence-corrected chi connectivity index (χ4v) is 2.96. The van der Waals surface area contributed by atoms with Crippen molar-refractivity contribution in [3.05, 3.63) is 39.9 Å². The molecule has 0 aliphatic heterocycles. The van der Waals surface area contributed by atoms with Crippen LogP contribution in [0.2, 0.25) is 5.02 Å². The van der Waals surface area contributed by atoms with E-state index in [1.165, 1.54) is 6.92 Å². The Morgan fingerprint density at radius 1 is 1.38 bits per heavy atom. The number of nitrogens with one attached hydrogen (secondary N) is 1. The Bertz CT molecular complexity index is 806. The Kier molecular flexibility index (Phi) is 5.53. The van der Waals surface area contributed by atoms with Gasteiger partial charge < -0.3 is 10.5 Å². The number of primary amides is 1. The molecule has 1 heterocycles. The predicted molar refractivity (Wildman–Crippen MR) is 89.9 cm³/mol. The minimum absolute atomic E-state index is 0.267. The Hall–Kier alpha value is -2.45. The first kappa shape index (κ1) is 17.9. The third-order valence-corrected chi connectivity index (χ3v) is 4.37. The van der Waals surface area contributed by atoms with Crippen molar-refractivity contribution in [1.29, 1.82) is 0 Å². The topological polar surface area (TPSA) is 111 Å². The highest BCUT2D eigenvalue weighted by Gasteiger charge is 2.23. The standard InChI is InChI=1S/C15H14ClN3O4S/c1-7-11(14(21)23-8(2)12(20)19-15(17)22)24-13(18-7)9-4-3-5-10(16)6-9/h3-6,8H,1-2H3,(H3,17,19,20,22)/t8-/m1/s1. The Morgan fingerprint density at radius 3 is 2.71 bits per heavy atom. The number of aromatic nitrogens is 1. The molecule has 1 aromatic heterocycles. The minimum Gasteiger partial charge on any atom is -0.448 e. The van der Waals surface area contributed by atoms with Crippen molar-refractivity contribution in [3.63, 3.8) is 0 Å². The number of ether oxygens (including phenoxy) is 1. The molecule has 2 aromatic rings. The lowest BCUT2D eigenvalue weighted by Crippen LogP contribution is -2.42. The lowest BCUT2D eigenvalue weighted by Gasteiger charge is -2.11. The summed E-state index contributed by atoms with van der Waals surface area (Å²) in [6.07, 6.45) is -1.17. The van der Waals surface area contributed by atoms with Crippen LogP contribution in [0, 0.1) is 6.92 Å². The summed E-state index contributed by atoms with van der Waals surface area (Å²) in [5.41, 5.74) is 6.09. The SMILES string of the molecule is Cc1nc(-c2cccc(Cl)c2)sc1C(=O)O[C@H](C)C(=O)NC(N)=O. The quantitative estimate of drug-likeness (QED) is 0.806. The maximum atomic E-state index is 12.2. The van der Waals surface area contributed by atoms with Gasteiger partial charge in [0, 0.05) is 10.6 Å². The van der Waals surface area contributed by atoms with Crippen LogP contribution in [0.4, 0.5) is 4.79 Å². The van der Waals surface area contributed by atoms with Gasteiger partial charge in [-0.25, -0.2) is 14.6 Å². The summed E-state index contributed by atoms with van der Waals surface area (Å²) in [5.74, 6) is -1.50. The fourth-order valence-electron chi connectivity index (χ4n) is 1.82. The first-order valence-electron chi connectivity index (χ1n) is 6.82. The van der Waals surface area contributed by atoms with Gasteiger partial charge in [-0.3, -0.25) is 10.1 Å². The molecule has 24 heavy (non-hydrogen) atoms. The normalized spacial score (nSPS) is 11.6. The maximum Gasteiger partial charge on any atom is 0.351 e. The van der Waals surface area contributed by atoms with Crippen molar-refractivity contribution in [1.82, 2.24) is 10.3 Å². The van der Waals surface area contributed by atoms with Crippen LogP contribution in [0.1, 0.15) is 22.3 Å². The number of imide groups is 1. The zero-order valence-corrected chi connectivity index (χ0v) is 14.4. The second-order valence-corrected chi connectivity index (χ2v) is 6.28. The molecule has 0 bridgehead atoms. The molecule has 0 radical (unpaired) electrons. The van der Waals surface area contributed by atoms with Crippen molar-refractivity contribution in [2.24, 2.45) is 5.73 Å². The molecule has 3 N–H and O–H groups in total. The van der Waals surface area contributed by atoms with Crippen LogP contribution in [-0.2, 0) is 9.53 Å². The lowest BCUT2D eigenvalue weighted by molar-refractivity contribution is -0.127. The molecule has 0 spiro atoms. The van der Waals surface area contributed by atoms with Crippen LogP contribution >= 0.6 is 22.9 Å². The smallest absolute Gasteiger partial charge is 0.351 e. The van der Waals surface area contributed by atoms with Gasteiger partial charge in [-0.05, 0) is 26.0 Å². The largest absolute Gasteiger partial charge is 0.448 e.